The van der Waals surface area contributed by atoms with E-state index < -0.39 is 5.60 Å². The number of thiocarbonyl (C=S) groups is 1. The Morgan fingerprint density at radius 2 is 1.89 bits per heavy atom. The van der Waals surface area contributed by atoms with Crippen molar-refractivity contribution in [2.45, 2.75) is 41.1 Å². The molecule has 2 aromatic rings. The molecule has 0 saturated carbocycles. The monoisotopic (exact) mass is 417 g/mol. The maximum atomic E-state index is 14.4. The number of aryl methyl sites for hydroxylation is 1. The SMILES string of the molecule is COC1(c2cc(F)cc(Sc3ccc4c(c3)CCC(=S)N4C)c2)CCOCC1. The Kier molecular flexibility index (Phi) is 5.74. The molecule has 0 aliphatic carbocycles. The van der Waals surface area contributed by atoms with Crippen LogP contribution in [-0.2, 0) is 21.5 Å². The van der Waals surface area contributed by atoms with Crippen molar-refractivity contribution in [2.75, 3.05) is 32.3 Å². The van der Waals surface area contributed by atoms with Gasteiger partial charge < -0.3 is 14.4 Å². The number of rotatable bonds is 4. The summed E-state index contributed by atoms with van der Waals surface area (Å²) < 4.78 is 25.8. The molecule has 148 valence electrons. The molecule has 2 aromatic carbocycles. The van der Waals surface area contributed by atoms with Gasteiger partial charge >= 0.3 is 0 Å². The van der Waals surface area contributed by atoms with Gasteiger partial charge in [0.15, 0.2) is 0 Å². The summed E-state index contributed by atoms with van der Waals surface area (Å²) in [6, 6.07) is 11.6. The van der Waals surface area contributed by atoms with E-state index in [4.69, 9.17) is 21.7 Å². The zero-order valence-corrected chi connectivity index (χ0v) is 17.8. The van der Waals surface area contributed by atoms with Gasteiger partial charge in [0, 0.05) is 62.1 Å². The molecule has 6 heteroatoms. The smallest absolute Gasteiger partial charge is 0.124 e. The first kappa shape index (κ1) is 19.8. The van der Waals surface area contributed by atoms with Crippen LogP contribution in [0.15, 0.2) is 46.2 Å². The van der Waals surface area contributed by atoms with Crippen LogP contribution in [0.4, 0.5) is 10.1 Å². The molecule has 1 saturated heterocycles. The zero-order chi connectivity index (χ0) is 19.7. The number of nitrogens with zero attached hydrogens (tertiary/aromatic N) is 1. The van der Waals surface area contributed by atoms with Gasteiger partial charge in [-0.15, -0.1) is 0 Å². The van der Waals surface area contributed by atoms with Crippen molar-refractivity contribution in [3.8, 4) is 0 Å². The molecule has 28 heavy (non-hydrogen) atoms. The number of fused-ring (bicyclic) bond motifs is 1. The van der Waals surface area contributed by atoms with Crippen molar-refractivity contribution in [1.29, 1.82) is 0 Å². The second kappa shape index (κ2) is 8.11. The molecule has 2 heterocycles. The van der Waals surface area contributed by atoms with E-state index in [0.29, 0.717) is 13.2 Å². The highest BCUT2D eigenvalue weighted by Gasteiger charge is 2.35. The molecular formula is C22H24FNO2S2. The van der Waals surface area contributed by atoms with Crippen LogP contribution < -0.4 is 4.90 Å². The Labute approximate surface area is 175 Å². The largest absolute Gasteiger partial charge is 0.381 e. The van der Waals surface area contributed by atoms with Crippen molar-refractivity contribution in [3.63, 3.8) is 0 Å². The van der Waals surface area contributed by atoms with Crippen molar-refractivity contribution in [1.82, 2.24) is 0 Å². The fraction of sp³-hybridized carbons (Fsp3) is 0.409. The van der Waals surface area contributed by atoms with Crippen LogP contribution in [0.5, 0.6) is 0 Å². The highest BCUT2D eigenvalue weighted by molar-refractivity contribution is 7.99. The number of ether oxygens (including phenoxy) is 2. The highest BCUT2D eigenvalue weighted by atomic mass is 32.2. The number of hydrogen-bond donors (Lipinski definition) is 0. The Bertz CT molecular complexity index is 896. The van der Waals surface area contributed by atoms with E-state index in [2.05, 4.69) is 29.2 Å². The molecule has 0 bridgehead atoms. The number of methoxy groups -OCH3 is 1. The predicted molar refractivity (Wildman–Crippen MR) is 115 cm³/mol. The summed E-state index contributed by atoms with van der Waals surface area (Å²) in [5, 5.41) is 0. The summed E-state index contributed by atoms with van der Waals surface area (Å²) in [6.07, 6.45) is 3.33. The van der Waals surface area contributed by atoms with Gasteiger partial charge in [0.05, 0.1) is 10.6 Å². The van der Waals surface area contributed by atoms with Crippen LogP contribution >= 0.6 is 24.0 Å². The molecule has 2 aliphatic heterocycles. The minimum Gasteiger partial charge on any atom is -0.381 e. The van der Waals surface area contributed by atoms with E-state index in [-0.39, 0.29) is 5.82 Å². The van der Waals surface area contributed by atoms with Crippen molar-refractivity contribution in [2.24, 2.45) is 0 Å². The van der Waals surface area contributed by atoms with Crippen LogP contribution in [0.1, 0.15) is 30.4 Å². The molecule has 3 nitrogen and oxygen atoms in total. The summed E-state index contributed by atoms with van der Waals surface area (Å²) in [4.78, 5) is 5.05. The maximum absolute atomic E-state index is 14.4. The lowest BCUT2D eigenvalue weighted by Crippen LogP contribution is -2.35. The maximum Gasteiger partial charge on any atom is 0.124 e. The first-order valence-corrected chi connectivity index (χ1v) is 10.7. The lowest BCUT2D eigenvalue weighted by molar-refractivity contribution is -0.0950. The quantitative estimate of drug-likeness (QED) is 0.625. The summed E-state index contributed by atoms with van der Waals surface area (Å²) in [5.41, 5.74) is 2.88. The molecular weight excluding hydrogens is 393 g/mol. The molecule has 0 unspecified atom stereocenters. The number of benzene rings is 2. The van der Waals surface area contributed by atoms with Crippen molar-refractivity contribution >= 4 is 34.7 Å². The van der Waals surface area contributed by atoms with E-state index in [1.807, 2.05) is 7.05 Å². The Balaban J connectivity index is 1.62. The number of hydrogen-bond acceptors (Lipinski definition) is 4. The molecule has 0 aromatic heterocycles. The van der Waals surface area contributed by atoms with Gasteiger partial charge in [-0.25, -0.2) is 4.39 Å². The first-order valence-electron chi connectivity index (χ1n) is 9.52. The average Bonchev–Trinajstić information content (AvgIpc) is 2.71. The van der Waals surface area contributed by atoms with Crippen LogP contribution in [0.25, 0.3) is 0 Å². The van der Waals surface area contributed by atoms with Gasteiger partial charge in [-0.3, -0.25) is 0 Å². The third-order valence-corrected chi connectivity index (χ3v) is 7.16. The molecule has 0 spiro atoms. The third kappa shape index (κ3) is 3.83. The lowest BCUT2D eigenvalue weighted by atomic mass is 9.86. The van der Waals surface area contributed by atoms with E-state index in [1.165, 1.54) is 11.3 Å². The molecule has 0 amide bonds. The fourth-order valence-corrected chi connectivity index (χ4v) is 5.20. The first-order chi connectivity index (χ1) is 13.5. The molecule has 0 radical (unpaired) electrons. The number of halogens is 1. The highest BCUT2D eigenvalue weighted by Crippen LogP contribution is 2.40. The van der Waals surface area contributed by atoms with Gasteiger partial charge in [0.25, 0.3) is 0 Å². The summed E-state index contributed by atoms with van der Waals surface area (Å²) in [6.45, 7) is 1.26. The standard InChI is InChI=1S/C22H24FNO2S2/c1-24-20-5-4-18(11-15(20)3-6-21(24)27)28-19-13-16(12-17(23)14-19)22(25-2)7-9-26-10-8-22/h4-5,11-14H,3,6-10H2,1-2H3. The topological polar surface area (TPSA) is 21.7 Å². The predicted octanol–water partition coefficient (Wildman–Crippen LogP) is 5.34. The zero-order valence-electron chi connectivity index (χ0n) is 16.2. The van der Waals surface area contributed by atoms with E-state index in [9.17, 15) is 4.39 Å². The van der Waals surface area contributed by atoms with Crippen molar-refractivity contribution < 1.29 is 13.9 Å². The second-order valence-corrected chi connectivity index (χ2v) is 8.95. The van der Waals surface area contributed by atoms with Gasteiger partial charge in [-0.1, -0.05) is 24.0 Å². The average molecular weight is 418 g/mol. The molecule has 0 N–H and O–H groups in total. The summed E-state index contributed by atoms with van der Waals surface area (Å²) in [7, 11) is 3.72. The van der Waals surface area contributed by atoms with E-state index in [1.54, 1.807) is 31.0 Å². The van der Waals surface area contributed by atoms with Crippen LogP contribution in [-0.4, -0.2) is 32.4 Å². The Morgan fingerprint density at radius 3 is 2.64 bits per heavy atom. The number of anilines is 1. The van der Waals surface area contributed by atoms with Gasteiger partial charge in [-0.05, 0) is 53.9 Å². The summed E-state index contributed by atoms with van der Waals surface area (Å²) >= 11 is 7.00. The third-order valence-electron chi connectivity index (χ3n) is 5.72. The van der Waals surface area contributed by atoms with Gasteiger partial charge in [-0.2, -0.15) is 0 Å². The van der Waals surface area contributed by atoms with Crippen molar-refractivity contribution in [3.05, 3.63) is 53.3 Å². The molecule has 1 fully saturated rings. The van der Waals surface area contributed by atoms with E-state index in [0.717, 1.165) is 46.0 Å². The summed E-state index contributed by atoms with van der Waals surface area (Å²) in [5.74, 6) is -0.231. The Morgan fingerprint density at radius 1 is 1.11 bits per heavy atom. The fourth-order valence-electron chi connectivity index (χ4n) is 4.03. The van der Waals surface area contributed by atoms with E-state index >= 15 is 0 Å². The van der Waals surface area contributed by atoms with Gasteiger partial charge in [0.1, 0.15) is 5.82 Å². The van der Waals surface area contributed by atoms with Gasteiger partial charge in [0.2, 0.25) is 0 Å². The second-order valence-electron chi connectivity index (χ2n) is 7.33. The molecule has 0 atom stereocenters. The Hall–Kier alpha value is -1.47. The van der Waals surface area contributed by atoms with Crippen LogP contribution in [0, 0.1) is 5.82 Å². The minimum atomic E-state index is -0.468. The molecule has 2 aliphatic rings. The minimum absolute atomic E-state index is 0.231. The van der Waals surface area contributed by atoms with Crippen LogP contribution in [0.2, 0.25) is 0 Å². The lowest BCUT2D eigenvalue weighted by Gasteiger charge is -2.36. The van der Waals surface area contributed by atoms with Crippen LogP contribution in [0.3, 0.4) is 0 Å². The molecule has 4 rings (SSSR count). The normalized spacial score (nSPS) is 18.8.